The Balaban J connectivity index is 1.87. The van der Waals surface area contributed by atoms with Crippen LogP contribution in [0, 0.1) is 24.2 Å². The van der Waals surface area contributed by atoms with E-state index in [9.17, 15) is 0 Å². The van der Waals surface area contributed by atoms with Crippen LogP contribution in [0.4, 0.5) is 0 Å². The fraction of sp³-hybridized carbons (Fsp3) is 0.500. The van der Waals surface area contributed by atoms with Gasteiger partial charge in [0.25, 0.3) is 0 Å². The Hall–Kier alpha value is -1.33. The molecule has 1 aromatic rings. The van der Waals surface area contributed by atoms with E-state index in [1.54, 1.807) is 0 Å². The predicted octanol–water partition coefficient (Wildman–Crippen LogP) is 2.73. The highest BCUT2D eigenvalue weighted by atomic mass is 15.1. The minimum Gasteiger partial charge on any atom is -0.299 e. The quantitative estimate of drug-likeness (QED) is 0.757. The second-order valence-corrected chi connectivity index (χ2v) is 4.67. The van der Waals surface area contributed by atoms with E-state index in [4.69, 9.17) is 5.26 Å². The molecule has 0 unspecified atom stereocenters. The summed E-state index contributed by atoms with van der Waals surface area (Å²) < 4.78 is 0. The fourth-order valence-corrected chi connectivity index (χ4v) is 2.17. The highest BCUT2D eigenvalue weighted by Gasteiger charge is 2.18. The molecule has 0 aliphatic carbocycles. The molecule has 2 rings (SSSR count). The van der Waals surface area contributed by atoms with Crippen LogP contribution in [0.15, 0.2) is 24.3 Å². The van der Waals surface area contributed by atoms with Crippen molar-refractivity contribution in [1.29, 1.82) is 5.26 Å². The van der Waals surface area contributed by atoms with Gasteiger partial charge in [0, 0.05) is 12.5 Å². The second-order valence-electron chi connectivity index (χ2n) is 4.67. The number of piperidine rings is 1. The fourth-order valence-electron chi connectivity index (χ4n) is 2.17. The van der Waals surface area contributed by atoms with Gasteiger partial charge in [-0.25, -0.2) is 0 Å². The largest absolute Gasteiger partial charge is 0.299 e. The lowest BCUT2D eigenvalue weighted by molar-refractivity contribution is 0.198. The second kappa shape index (κ2) is 5.14. The molecule has 0 radical (unpaired) electrons. The average molecular weight is 214 g/mol. The molecule has 1 aliphatic rings. The van der Waals surface area contributed by atoms with Gasteiger partial charge in [-0.05, 0) is 38.4 Å². The van der Waals surface area contributed by atoms with Gasteiger partial charge in [-0.3, -0.25) is 4.90 Å². The molecule has 0 bridgehead atoms. The van der Waals surface area contributed by atoms with Crippen molar-refractivity contribution < 1.29 is 0 Å². The average Bonchev–Trinajstić information content (AvgIpc) is 2.33. The third-order valence-electron chi connectivity index (χ3n) is 3.30. The molecule has 0 amide bonds. The SMILES string of the molecule is Cc1ccc(CN2CCC(C#N)CC2)cc1. The van der Waals surface area contributed by atoms with Crippen LogP contribution < -0.4 is 0 Å². The van der Waals surface area contributed by atoms with Crippen molar-refractivity contribution in [3.05, 3.63) is 35.4 Å². The van der Waals surface area contributed by atoms with Gasteiger partial charge in [-0.2, -0.15) is 5.26 Å². The van der Waals surface area contributed by atoms with Gasteiger partial charge in [0.05, 0.1) is 6.07 Å². The van der Waals surface area contributed by atoms with Gasteiger partial charge < -0.3 is 0 Å². The first-order valence-electron chi connectivity index (χ1n) is 5.95. The van der Waals surface area contributed by atoms with E-state index >= 15 is 0 Å². The molecular weight excluding hydrogens is 196 g/mol. The van der Waals surface area contributed by atoms with Crippen molar-refractivity contribution in [2.75, 3.05) is 13.1 Å². The Morgan fingerprint density at radius 2 is 1.88 bits per heavy atom. The summed E-state index contributed by atoms with van der Waals surface area (Å²) in [6.07, 6.45) is 2.06. The third-order valence-corrected chi connectivity index (χ3v) is 3.30. The molecule has 0 atom stereocenters. The minimum absolute atomic E-state index is 0.286. The normalized spacial score (nSPS) is 18.2. The van der Waals surface area contributed by atoms with Crippen molar-refractivity contribution in [3.63, 3.8) is 0 Å². The van der Waals surface area contributed by atoms with Crippen molar-refractivity contribution in [2.45, 2.75) is 26.3 Å². The maximum atomic E-state index is 8.83. The molecular formula is C14H18N2. The van der Waals surface area contributed by atoms with E-state index in [0.29, 0.717) is 0 Å². The molecule has 0 N–H and O–H groups in total. The molecule has 0 saturated carbocycles. The first-order valence-corrected chi connectivity index (χ1v) is 5.95. The first-order chi connectivity index (χ1) is 7.78. The van der Waals surface area contributed by atoms with Crippen molar-refractivity contribution in [1.82, 2.24) is 4.90 Å². The van der Waals surface area contributed by atoms with E-state index in [1.165, 1.54) is 11.1 Å². The zero-order valence-electron chi connectivity index (χ0n) is 9.82. The summed E-state index contributed by atoms with van der Waals surface area (Å²) in [7, 11) is 0. The van der Waals surface area contributed by atoms with Crippen LogP contribution >= 0.6 is 0 Å². The maximum absolute atomic E-state index is 8.83. The summed E-state index contributed by atoms with van der Waals surface area (Å²) in [6.45, 7) is 5.26. The van der Waals surface area contributed by atoms with Crippen LogP contribution in [-0.4, -0.2) is 18.0 Å². The summed E-state index contributed by atoms with van der Waals surface area (Å²) in [5.41, 5.74) is 2.69. The van der Waals surface area contributed by atoms with Gasteiger partial charge in [-0.1, -0.05) is 29.8 Å². The Labute approximate surface area is 97.5 Å². The molecule has 16 heavy (non-hydrogen) atoms. The number of likely N-dealkylation sites (tertiary alicyclic amines) is 1. The highest BCUT2D eigenvalue weighted by molar-refractivity contribution is 5.21. The molecule has 0 spiro atoms. The van der Waals surface area contributed by atoms with Gasteiger partial charge in [0.15, 0.2) is 0 Å². The lowest BCUT2D eigenvalue weighted by atomic mass is 9.98. The van der Waals surface area contributed by atoms with Crippen LogP contribution in [0.1, 0.15) is 24.0 Å². The molecule has 1 fully saturated rings. The van der Waals surface area contributed by atoms with Crippen LogP contribution in [0.2, 0.25) is 0 Å². The topological polar surface area (TPSA) is 27.0 Å². The van der Waals surface area contributed by atoms with E-state index in [0.717, 1.165) is 32.5 Å². The molecule has 1 aromatic carbocycles. The van der Waals surface area contributed by atoms with Gasteiger partial charge in [0.1, 0.15) is 0 Å². The Bertz CT molecular complexity index is 367. The van der Waals surface area contributed by atoms with Crippen molar-refractivity contribution in [2.24, 2.45) is 5.92 Å². The number of benzene rings is 1. The van der Waals surface area contributed by atoms with E-state index in [2.05, 4.69) is 42.2 Å². The highest BCUT2D eigenvalue weighted by Crippen LogP contribution is 2.18. The number of hydrogen-bond donors (Lipinski definition) is 0. The molecule has 1 heterocycles. The van der Waals surface area contributed by atoms with Gasteiger partial charge in [0.2, 0.25) is 0 Å². The summed E-state index contributed by atoms with van der Waals surface area (Å²) in [5.74, 6) is 0.286. The van der Waals surface area contributed by atoms with Crippen LogP contribution in [0.3, 0.4) is 0 Å². The molecule has 2 nitrogen and oxygen atoms in total. The lowest BCUT2D eigenvalue weighted by Crippen LogP contribution is -2.32. The summed E-state index contributed by atoms with van der Waals surface area (Å²) in [5, 5.41) is 8.83. The standard InChI is InChI=1S/C14H18N2/c1-12-2-4-14(5-3-12)11-16-8-6-13(10-15)7-9-16/h2-5,13H,6-9,11H2,1H3. The number of nitriles is 1. The minimum atomic E-state index is 0.286. The van der Waals surface area contributed by atoms with Gasteiger partial charge >= 0.3 is 0 Å². The lowest BCUT2D eigenvalue weighted by Gasteiger charge is -2.28. The Kier molecular flexibility index (Phi) is 3.58. The maximum Gasteiger partial charge on any atom is 0.0656 e. The Morgan fingerprint density at radius 1 is 1.25 bits per heavy atom. The molecule has 2 heteroatoms. The van der Waals surface area contributed by atoms with Crippen LogP contribution in [0.5, 0.6) is 0 Å². The number of rotatable bonds is 2. The van der Waals surface area contributed by atoms with Crippen molar-refractivity contribution >= 4 is 0 Å². The monoisotopic (exact) mass is 214 g/mol. The Morgan fingerprint density at radius 3 is 2.44 bits per heavy atom. The van der Waals surface area contributed by atoms with Crippen molar-refractivity contribution in [3.8, 4) is 6.07 Å². The zero-order chi connectivity index (χ0) is 11.4. The third kappa shape index (κ3) is 2.84. The predicted molar refractivity (Wildman–Crippen MR) is 64.8 cm³/mol. The van der Waals surface area contributed by atoms with Gasteiger partial charge in [-0.15, -0.1) is 0 Å². The molecule has 1 saturated heterocycles. The molecule has 84 valence electrons. The smallest absolute Gasteiger partial charge is 0.0656 e. The summed E-state index contributed by atoms with van der Waals surface area (Å²) in [4.78, 5) is 2.44. The number of aryl methyl sites for hydroxylation is 1. The summed E-state index contributed by atoms with van der Waals surface area (Å²) in [6, 6.07) is 11.1. The summed E-state index contributed by atoms with van der Waals surface area (Å²) >= 11 is 0. The van der Waals surface area contributed by atoms with E-state index in [1.807, 2.05) is 0 Å². The van der Waals surface area contributed by atoms with E-state index < -0.39 is 0 Å². The first kappa shape index (κ1) is 11.2. The van der Waals surface area contributed by atoms with Crippen LogP contribution in [-0.2, 0) is 6.54 Å². The molecule has 1 aliphatic heterocycles. The van der Waals surface area contributed by atoms with E-state index in [-0.39, 0.29) is 5.92 Å². The molecule has 0 aromatic heterocycles. The number of hydrogen-bond acceptors (Lipinski definition) is 2. The number of nitrogens with zero attached hydrogens (tertiary/aromatic N) is 2. The zero-order valence-corrected chi connectivity index (χ0v) is 9.82. The van der Waals surface area contributed by atoms with Crippen LogP contribution in [0.25, 0.3) is 0 Å².